The molecule has 1 rings (SSSR count). The van der Waals surface area contributed by atoms with Crippen molar-refractivity contribution in [2.24, 2.45) is 0 Å². The Hall–Kier alpha value is -1.68. The zero-order chi connectivity index (χ0) is 30.0. The van der Waals surface area contributed by atoms with Crippen LogP contribution in [0.2, 0.25) is 0 Å². The summed E-state index contributed by atoms with van der Waals surface area (Å²) in [6.07, 6.45) is -16.6. The van der Waals surface area contributed by atoms with Crippen LogP contribution in [0.4, 0.5) is 105 Å². The second-order valence-electron chi connectivity index (χ2n) is 6.91. The lowest BCUT2D eigenvalue weighted by Crippen LogP contribution is -2.93. The van der Waals surface area contributed by atoms with Crippen LogP contribution in [-0.4, -0.2) is 71.1 Å². The summed E-state index contributed by atoms with van der Waals surface area (Å²) in [5.41, 5.74) is -19.0. The minimum absolute atomic E-state index is 8.30. The van der Waals surface area contributed by atoms with Crippen LogP contribution in [0.15, 0.2) is 0 Å². The summed E-state index contributed by atoms with van der Waals surface area (Å²) < 4.78 is 317. The highest BCUT2D eigenvalue weighted by molar-refractivity contribution is 5.37. The molecule has 0 spiro atoms. The number of hydrogen-bond donors (Lipinski definition) is 0. The Balaban J connectivity index is 4.38. The van der Waals surface area contributed by atoms with Crippen LogP contribution in [0.1, 0.15) is 0 Å². The molecule has 0 aliphatic heterocycles. The van der Waals surface area contributed by atoms with Crippen LogP contribution in [0, 0.1) is 0 Å². The Morgan fingerprint density at radius 3 is 0.528 bits per heavy atom. The highest BCUT2D eigenvalue weighted by Crippen LogP contribution is 2.77. The Kier molecular flexibility index (Phi) is 6.32. The molecule has 1 aliphatic rings. The third-order valence-electron chi connectivity index (χ3n) is 4.89. The van der Waals surface area contributed by atoms with Gasteiger partial charge in [-0.05, 0) is 0 Å². The second kappa shape index (κ2) is 7.04. The molecule has 216 valence electrons. The molecule has 0 amide bonds. The Bertz CT molecular complexity index is 767. The summed E-state index contributed by atoms with van der Waals surface area (Å²) in [6.45, 7) is 0. The first-order valence-electron chi connectivity index (χ1n) is 7.54. The van der Waals surface area contributed by atoms with Crippen LogP contribution in [-0.2, 0) is 0 Å². The van der Waals surface area contributed by atoms with Gasteiger partial charge in [0.2, 0.25) is 0 Å². The van der Waals surface area contributed by atoms with Gasteiger partial charge in [0.25, 0.3) is 0 Å². The molecule has 0 atom stereocenters. The van der Waals surface area contributed by atoms with E-state index in [2.05, 4.69) is 0 Å². The molecule has 0 aromatic heterocycles. The van der Waals surface area contributed by atoms with E-state index in [1.807, 2.05) is 0 Å². The smallest absolute Gasteiger partial charge is 0.223 e. The topological polar surface area (TPSA) is 0 Å². The molecule has 0 saturated heterocycles. The van der Waals surface area contributed by atoms with E-state index in [1.165, 1.54) is 0 Å². The fourth-order valence-corrected chi connectivity index (χ4v) is 2.84. The van der Waals surface area contributed by atoms with Gasteiger partial charge in [-0.3, -0.25) is 0 Å². The number of hydrogen-bond acceptors (Lipinski definition) is 0. The van der Waals surface area contributed by atoms with Crippen molar-refractivity contribution in [3.63, 3.8) is 0 Å². The molecular formula is C12F24. The van der Waals surface area contributed by atoms with Gasteiger partial charge in [0.05, 0.1) is 0 Å². The lowest BCUT2D eigenvalue weighted by molar-refractivity contribution is -0.535. The molecule has 0 heterocycles. The van der Waals surface area contributed by atoms with Crippen LogP contribution < -0.4 is 0 Å². The maximum atomic E-state index is 14.2. The van der Waals surface area contributed by atoms with Crippen molar-refractivity contribution >= 4 is 0 Å². The van der Waals surface area contributed by atoms with Crippen molar-refractivity contribution in [2.45, 2.75) is 71.1 Å². The predicted molar refractivity (Wildman–Crippen MR) is 59.4 cm³/mol. The fraction of sp³-hybridized carbons (Fsp3) is 1.00. The maximum absolute atomic E-state index is 14.2. The van der Waals surface area contributed by atoms with E-state index >= 15 is 0 Å². The molecule has 0 N–H and O–H groups in total. The molecule has 1 fully saturated rings. The standard InChI is InChI=1S/C12F24/c13-1(7(23,24)9(27,28)11(31,32)33)3(15,16)5(19,20)2(14,6(21,22)4(1,17)18)8(25,26)10(29,30)12(34,35)36. The summed E-state index contributed by atoms with van der Waals surface area (Å²) in [6, 6.07) is 0. The van der Waals surface area contributed by atoms with Crippen LogP contribution in [0.25, 0.3) is 0 Å². The van der Waals surface area contributed by atoms with E-state index in [9.17, 15) is 105 Å². The Labute approximate surface area is 178 Å². The summed E-state index contributed by atoms with van der Waals surface area (Å²) in [5, 5.41) is 0. The summed E-state index contributed by atoms with van der Waals surface area (Å²) >= 11 is 0. The minimum Gasteiger partial charge on any atom is -0.223 e. The lowest BCUT2D eigenvalue weighted by atomic mass is 9.61. The van der Waals surface area contributed by atoms with Crippen molar-refractivity contribution in [1.82, 2.24) is 0 Å². The Morgan fingerprint density at radius 1 is 0.278 bits per heavy atom. The van der Waals surface area contributed by atoms with E-state index in [0.29, 0.717) is 0 Å². The molecular weight excluding hydrogens is 600 g/mol. The van der Waals surface area contributed by atoms with Crippen molar-refractivity contribution in [3.8, 4) is 0 Å². The first-order chi connectivity index (χ1) is 15.0. The third kappa shape index (κ3) is 2.80. The van der Waals surface area contributed by atoms with Gasteiger partial charge in [0, 0.05) is 0 Å². The minimum atomic E-state index is -9.52. The number of rotatable bonds is 4. The molecule has 0 nitrogen and oxygen atoms in total. The van der Waals surface area contributed by atoms with E-state index in [4.69, 9.17) is 0 Å². The predicted octanol–water partition coefficient (Wildman–Crippen LogP) is 7.62. The third-order valence-corrected chi connectivity index (χ3v) is 4.89. The van der Waals surface area contributed by atoms with Gasteiger partial charge in [0.15, 0.2) is 0 Å². The SMILES string of the molecule is FC(F)(F)C(F)(F)C(F)(F)C1(F)C(F)(F)C(F)(F)C(F)(C(F)(F)C(F)(F)C(F)(F)F)C(F)(F)C1(F)F. The van der Waals surface area contributed by atoms with E-state index in [-0.39, 0.29) is 0 Å². The van der Waals surface area contributed by atoms with E-state index in [0.717, 1.165) is 0 Å². The molecule has 24 heteroatoms. The largest absolute Gasteiger partial charge is 0.460 e. The molecule has 0 aromatic rings. The molecule has 0 radical (unpaired) electrons. The van der Waals surface area contributed by atoms with E-state index in [1.54, 1.807) is 0 Å². The number of alkyl halides is 24. The molecule has 1 aliphatic carbocycles. The average Bonchev–Trinajstić information content (AvgIpc) is 2.62. The van der Waals surface area contributed by atoms with Crippen molar-refractivity contribution in [3.05, 3.63) is 0 Å². The maximum Gasteiger partial charge on any atom is 0.460 e. The number of halogens is 24. The van der Waals surface area contributed by atoms with Gasteiger partial charge in [-0.2, -0.15) is 96.6 Å². The normalized spacial score (nSPS) is 31.3. The van der Waals surface area contributed by atoms with Crippen molar-refractivity contribution < 1.29 is 105 Å². The highest BCUT2D eigenvalue weighted by Gasteiger charge is 3.11. The molecule has 36 heavy (non-hydrogen) atoms. The molecule has 0 unspecified atom stereocenters. The quantitative estimate of drug-likeness (QED) is 0.292. The molecule has 0 bridgehead atoms. The Morgan fingerprint density at radius 2 is 0.417 bits per heavy atom. The summed E-state index contributed by atoms with van der Waals surface area (Å²) in [4.78, 5) is 0. The zero-order valence-electron chi connectivity index (χ0n) is 15.1. The monoisotopic (exact) mass is 600 g/mol. The van der Waals surface area contributed by atoms with Crippen LogP contribution in [0.3, 0.4) is 0 Å². The first-order valence-corrected chi connectivity index (χ1v) is 7.54. The van der Waals surface area contributed by atoms with Gasteiger partial charge in [-0.25, -0.2) is 8.78 Å². The summed E-state index contributed by atoms with van der Waals surface area (Å²) in [5.74, 6) is -74.2. The van der Waals surface area contributed by atoms with Crippen molar-refractivity contribution in [1.29, 1.82) is 0 Å². The van der Waals surface area contributed by atoms with Gasteiger partial charge in [-0.15, -0.1) is 0 Å². The fourth-order valence-electron chi connectivity index (χ4n) is 2.84. The molecule has 0 aromatic carbocycles. The van der Waals surface area contributed by atoms with Gasteiger partial charge >= 0.3 is 71.1 Å². The zero-order valence-corrected chi connectivity index (χ0v) is 15.1. The second-order valence-corrected chi connectivity index (χ2v) is 6.91. The van der Waals surface area contributed by atoms with Gasteiger partial charge < -0.3 is 0 Å². The molecule has 1 saturated carbocycles. The van der Waals surface area contributed by atoms with Crippen LogP contribution >= 0.6 is 0 Å². The van der Waals surface area contributed by atoms with Gasteiger partial charge in [-0.1, -0.05) is 0 Å². The summed E-state index contributed by atoms with van der Waals surface area (Å²) in [7, 11) is 0. The lowest BCUT2D eigenvalue weighted by Gasteiger charge is -2.58. The highest BCUT2D eigenvalue weighted by atomic mass is 19.4. The van der Waals surface area contributed by atoms with Crippen molar-refractivity contribution in [2.75, 3.05) is 0 Å². The van der Waals surface area contributed by atoms with E-state index < -0.39 is 71.1 Å². The van der Waals surface area contributed by atoms with Crippen LogP contribution in [0.5, 0.6) is 0 Å². The average molecular weight is 600 g/mol. The first kappa shape index (κ1) is 32.3. The van der Waals surface area contributed by atoms with Gasteiger partial charge in [0.1, 0.15) is 0 Å².